The molecule has 7 heteroatoms. The molecule has 0 saturated carbocycles. The number of sulfonamides is 1. The van der Waals surface area contributed by atoms with Gasteiger partial charge in [-0.3, -0.25) is 9.10 Å². The van der Waals surface area contributed by atoms with E-state index < -0.39 is 16.1 Å². The molecule has 0 fully saturated rings. The van der Waals surface area contributed by atoms with E-state index in [1.54, 1.807) is 31.2 Å². The van der Waals surface area contributed by atoms with Crippen LogP contribution in [0.1, 0.15) is 40.0 Å². The summed E-state index contributed by atoms with van der Waals surface area (Å²) in [5, 5.41) is 3.44. The van der Waals surface area contributed by atoms with Gasteiger partial charge in [0.15, 0.2) is 0 Å². The van der Waals surface area contributed by atoms with Gasteiger partial charge in [0.25, 0.3) is 0 Å². The summed E-state index contributed by atoms with van der Waals surface area (Å²) in [5.74, 6) is -0.276. The summed E-state index contributed by atoms with van der Waals surface area (Å²) < 4.78 is 25.7. The fraction of sp³-hybridized carbons (Fsp3) is 0.562. The lowest BCUT2D eigenvalue weighted by Gasteiger charge is -2.31. The Morgan fingerprint density at radius 1 is 1.13 bits per heavy atom. The first-order chi connectivity index (χ1) is 10.7. The summed E-state index contributed by atoms with van der Waals surface area (Å²) in [5.41, 5.74) is 0.434. The number of nitrogens with zero attached hydrogens (tertiary/aromatic N) is 1. The van der Waals surface area contributed by atoms with Crippen LogP contribution in [-0.4, -0.2) is 32.7 Å². The molecule has 1 atom stereocenters. The Balaban J connectivity index is 3.18. The van der Waals surface area contributed by atoms with E-state index in [1.807, 2.05) is 13.8 Å². The third kappa shape index (κ3) is 5.39. The molecule has 0 radical (unpaired) electrons. The Kier molecular flexibility index (Phi) is 7.35. The molecule has 1 N–H and O–H groups in total. The second kappa shape index (κ2) is 8.55. The van der Waals surface area contributed by atoms with Crippen molar-refractivity contribution in [3.05, 3.63) is 29.3 Å². The second-order valence-electron chi connectivity index (χ2n) is 5.48. The molecule has 0 heterocycles. The normalized spacial score (nSPS) is 13.0. The molecule has 0 aliphatic rings. The van der Waals surface area contributed by atoms with Crippen LogP contribution in [0.2, 0.25) is 5.02 Å². The fourth-order valence-corrected chi connectivity index (χ4v) is 3.78. The monoisotopic (exact) mass is 360 g/mol. The standard InChI is InChI=1S/C16H25ClN2O3S/c1-5-13(6-2)18-16(20)15(7-3)19(23(4,21)22)14-10-8-12(17)9-11-14/h8-11,13,15H,5-7H2,1-4H3,(H,18,20). The van der Waals surface area contributed by atoms with Crippen LogP contribution in [-0.2, 0) is 14.8 Å². The van der Waals surface area contributed by atoms with Crippen LogP contribution >= 0.6 is 11.6 Å². The van der Waals surface area contributed by atoms with Crippen molar-refractivity contribution in [1.29, 1.82) is 0 Å². The van der Waals surface area contributed by atoms with Gasteiger partial charge in [0, 0.05) is 11.1 Å². The van der Waals surface area contributed by atoms with Crippen LogP contribution in [0.25, 0.3) is 0 Å². The first kappa shape index (κ1) is 19.8. The molecule has 0 bridgehead atoms. The number of amides is 1. The zero-order chi connectivity index (χ0) is 17.6. The summed E-state index contributed by atoms with van der Waals surface area (Å²) in [6.07, 6.45) is 3.09. The van der Waals surface area contributed by atoms with Gasteiger partial charge in [-0.05, 0) is 43.5 Å². The summed E-state index contributed by atoms with van der Waals surface area (Å²) in [6, 6.07) is 5.70. The molecule has 0 aromatic heterocycles. The number of hydrogen-bond acceptors (Lipinski definition) is 3. The van der Waals surface area contributed by atoms with Gasteiger partial charge in [-0.1, -0.05) is 32.4 Å². The Bertz CT molecular complexity index is 613. The van der Waals surface area contributed by atoms with Crippen molar-refractivity contribution < 1.29 is 13.2 Å². The van der Waals surface area contributed by atoms with Gasteiger partial charge >= 0.3 is 0 Å². The number of nitrogens with one attached hydrogen (secondary N) is 1. The molecule has 0 aliphatic heterocycles. The van der Waals surface area contributed by atoms with Crippen molar-refractivity contribution in [2.45, 2.75) is 52.1 Å². The average molecular weight is 361 g/mol. The Labute approximate surface area is 144 Å². The largest absolute Gasteiger partial charge is 0.352 e. The van der Waals surface area contributed by atoms with Crippen LogP contribution in [0.4, 0.5) is 5.69 Å². The molecule has 23 heavy (non-hydrogen) atoms. The van der Waals surface area contributed by atoms with E-state index in [9.17, 15) is 13.2 Å². The lowest BCUT2D eigenvalue weighted by atomic mass is 10.1. The predicted octanol–water partition coefficient (Wildman–Crippen LogP) is 3.19. The number of hydrogen-bond donors (Lipinski definition) is 1. The molecular formula is C16H25ClN2O3S. The van der Waals surface area contributed by atoms with E-state index >= 15 is 0 Å². The highest BCUT2D eigenvalue weighted by molar-refractivity contribution is 7.92. The topological polar surface area (TPSA) is 66.5 Å². The van der Waals surface area contributed by atoms with Crippen LogP contribution in [0, 0.1) is 0 Å². The third-order valence-corrected chi connectivity index (χ3v) is 5.17. The van der Waals surface area contributed by atoms with Gasteiger partial charge < -0.3 is 5.32 Å². The molecule has 0 aliphatic carbocycles. The van der Waals surface area contributed by atoms with Crippen molar-refractivity contribution in [2.75, 3.05) is 10.6 Å². The Hall–Kier alpha value is -1.27. The van der Waals surface area contributed by atoms with Crippen LogP contribution < -0.4 is 9.62 Å². The van der Waals surface area contributed by atoms with Crippen molar-refractivity contribution in [3.8, 4) is 0 Å². The molecule has 0 saturated heterocycles. The van der Waals surface area contributed by atoms with Crippen molar-refractivity contribution in [2.24, 2.45) is 0 Å². The number of rotatable bonds is 8. The SMILES string of the molecule is CCC(CC)NC(=O)C(CC)N(c1ccc(Cl)cc1)S(C)(=O)=O. The van der Waals surface area contributed by atoms with E-state index in [2.05, 4.69) is 5.32 Å². The van der Waals surface area contributed by atoms with Crippen LogP contribution in [0.5, 0.6) is 0 Å². The highest BCUT2D eigenvalue weighted by Crippen LogP contribution is 2.24. The molecule has 5 nitrogen and oxygen atoms in total. The highest BCUT2D eigenvalue weighted by atomic mass is 35.5. The van der Waals surface area contributed by atoms with Gasteiger partial charge in [0.2, 0.25) is 15.9 Å². The molecular weight excluding hydrogens is 336 g/mol. The minimum absolute atomic E-state index is 0.0446. The number of halogens is 1. The predicted molar refractivity (Wildman–Crippen MR) is 95.4 cm³/mol. The zero-order valence-electron chi connectivity index (χ0n) is 14.0. The minimum atomic E-state index is -3.61. The fourth-order valence-electron chi connectivity index (χ4n) is 2.44. The maximum Gasteiger partial charge on any atom is 0.244 e. The molecule has 1 amide bonds. The molecule has 1 aromatic carbocycles. The van der Waals surface area contributed by atoms with Gasteiger partial charge in [-0.2, -0.15) is 0 Å². The zero-order valence-corrected chi connectivity index (χ0v) is 15.6. The molecule has 0 spiro atoms. The first-order valence-electron chi connectivity index (χ1n) is 7.79. The Morgan fingerprint density at radius 2 is 1.65 bits per heavy atom. The van der Waals surface area contributed by atoms with Gasteiger partial charge in [-0.15, -0.1) is 0 Å². The highest BCUT2D eigenvalue weighted by Gasteiger charge is 2.32. The van der Waals surface area contributed by atoms with E-state index in [0.29, 0.717) is 17.1 Å². The van der Waals surface area contributed by atoms with E-state index in [1.165, 1.54) is 4.31 Å². The summed E-state index contributed by atoms with van der Waals surface area (Å²) in [6.45, 7) is 5.77. The maximum absolute atomic E-state index is 12.6. The minimum Gasteiger partial charge on any atom is -0.352 e. The summed E-state index contributed by atoms with van der Waals surface area (Å²) in [7, 11) is -3.61. The second-order valence-corrected chi connectivity index (χ2v) is 7.78. The van der Waals surface area contributed by atoms with Gasteiger partial charge in [0.1, 0.15) is 6.04 Å². The van der Waals surface area contributed by atoms with Crippen molar-refractivity contribution >= 4 is 33.2 Å². The lowest BCUT2D eigenvalue weighted by Crippen LogP contribution is -2.51. The smallest absolute Gasteiger partial charge is 0.244 e. The van der Waals surface area contributed by atoms with E-state index in [-0.39, 0.29) is 11.9 Å². The quantitative estimate of drug-likeness (QED) is 0.774. The van der Waals surface area contributed by atoms with E-state index in [0.717, 1.165) is 19.1 Å². The average Bonchev–Trinajstić information content (AvgIpc) is 2.49. The van der Waals surface area contributed by atoms with Crippen molar-refractivity contribution in [3.63, 3.8) is 0 Å². The number of carbonyl (C=O) groups is 1. The molecule has 1 aromatic rings. The van der Waals surface area contributed by atoms with Gasteiger partial charge in [0.05, 0.1) is 11.9 Å². The number of carbonyl (C=O) groups excluding carboxylic acids is 1. The first-order valence-corrected chi connectivity index (χ1v) is 10.0. The number of benzene rings is 1. The Morgan fingerprint density at radius 3 is 2.04 bits per heavy atom. The number of anilines is 1. The molecule has 130 valence electrons. The van der Waals surface area contributed by atoms with Crippen molar-refractivity contribution in [1.82, 2.24) is 5.32 Å². The molecule has 1 rings (SSSR count). The summed E-state index contributed by atoms with van der Waals surface area (Å²) in [4.78, 5) is 12.6. The lowest BCUT2D eigenvalue weighted by molar-refractivity contribution is -0.123. The van der Waals surface area contributed by atoms with Crippen LogP contribution in [0.3, 0.4) is 0 Å². The van der Waals surface area contributed by atoms with E-state index in [4.69, 9.17) is 11.6 Å². The molecule has 1 unspecified atom stereocenters. The van der Waals surface area contributed by atoms with Gasteiger partial charge in [-0.25, -0.2) is 8.42 Å². The summed E-state index contributed by atoms with van der Waals surface area (Å²) >= 11 is 5.87. The van der Waals surface area contributed by atoms with Crippen LogP contribution in [0.15, 0.2) is 24.3 Å². The maximum atomic E-state index is 12.6. The third-order valence-electron chi connectivity index (χ3n) is 3.74.